The minimum atomic E-state index is 0. The molecule has 1 aromatic rings. The van der Waals surface area contributed by atoms with E-state index in [1.165, 1.54) is 6.42 Å². The first-order valence-corrected chi connectivity index (χ1v) is 8.77. The lowest BCUT2D eigenvalue weighted by Gasteiger charge is -2.20. The largest absolute Gasteiger partial charge is 0.355 e. The summed E-state index contributed by atoms with van der Waals surface area (Å²) in [6, 6.07) is 0. The Balaban J connectivity index is 0.00000484. The predicted octanol–water partition coefficient (Wildman–Crippen LogP) is 2.22. The van der Waals surface area contributed by atoms with Gasteiger partial charge in [-0.3, -0.25) is 4.99 Å². The Morgan fingerprint density at radius 1 is 1.26 bits per heavy atom. The standard InChI is InChI=1S/C15H30N6S.HI/c1-6-9-21(7-2)10-8-17-14(16-3)18-11-13-12-22-15(19-13)20(4)5;/h12H,6-11H2,1-5H3,(H2,16,17,18);1H. The second-order valence-corrected chi connectivity index (χ2v) is 6.14. The predicted molar refractivity (Wildman–Crippen MR) is 112 cm³/mol. The second-order valence-electron chi connectivity index (χ2n) is 5.30. The van der Waals surface area contributed by atoms with Gasteiger partial charge in [-0.15, -0.1) is 35.3 Å². The molecule has 0 unspecified atom stereocenters. The fraction of sp³-hybridized carbons (Fsp3) is 0.733. The Hall–Kier alpha value is -0.610. The van der Waals surface area contributed by atoms with Gasteiger partial charge in [0.25, 0.3) is 0 Å². The van der Waals surface area contributed by atoms with Crippen molar-refractivity contribution in [3.8, 4) is 0 Å². The summed E-state index contributed by atoms with van der Waals surface area (Å²) in [5.41, 5.74) is 1.04. The molecule has 1 heterocycles. The van der Waals surface area contributed by atoms with Crippen molar-refractivity contribution < 1.29 is 0 Å². The lowest BCUT2D eigenvalue weighted by Crippen LogP contribution is -2.41. The van der Waals surface area contributed by atoms with Crippen LogP contribution in [-0.4, -0.2) is 63.2 Å². The lowest BCUT2D eigenvalue weighted by molar-refractivity contribution is 0.293. The van der Waals surface area contributed by atoms with E-state index in [1.807, 2.05) is 19.0 Å². The van der Waals surface area contributed by atoms with Gasteiger partial charge in [-0.1, -0.05) is 13.8 Å². The molecule has 0 aliphatic heterocycles. The molecule has 23 heavy (non-hydrogen) atoms. The van der Waals surface area contributed by atoms with Crippen LogP contribution in [0.5, 0.6) is 0 Å². The van der Waals surface area contributed by atoms with Gasteiger partial charge in [0.05, 0.1) is 12.2 Å². The molecule has 8 heteroatoms. The quantitative estimate of drug-likeness (QED) is 0.341. The van der Waals surface area contributed by atoms with Crippen LogP contribution in [-0.2, 0) is 6.54 Å². The van der Waals surface area contributed by atoms with Gasteiger partial charge < -0.3 is 20.4 Å². The summed E-state index contributed by atoms with van der Waals surface area (Å²) in [6.45, 7) is 9.28. The zero-order valence-electron chi connectivity index (χ0n) is 14.9. The number of aliphatic imine (C=N–C) groups is 1. The average molecular weight is 454 g/mol. The molecule has 2 N–H and O–H groups in total. The maximum absolute atomic E-state index is 4.55. The molecule has 0 bridgehead atoms. The van der Waals surface area contributed by atoms with E-state index >= 15 is 0 Å². The number of halogens is 1. The molecule has 0 atom stereocenters. The highest BCUT2D eigenvalue weighted by Gasteiger charge is 2.05. The molecular weight excluding hydrogens is 423 g/mol. The summed E-state index contributed by atoms with van der Waals surface area (Å²) in [7, 11) is 5.81. The Bertz CT molecular complexity index is 449. The van der Waals surface area contributed by atoms with Gasteiger partial charge in [0.15, 0.2) is 11.1 Å². The van der Waals surface area contributed by atoms with Gasteiger partial charge in [-0.05, 0) is 19.5 Å². The fourth-order valence-electron chi connectivity index (χ4n) is 2.05. The van der Waals surface area contributed by atoms with Gasteiger partial charge in [0.1, 0.15) is 0 Å². The highest BCUT2D eigenvalue weighted by molar-refractivity contribution is 14.0. The van der Waals surface area contributed by atoms with Crippen LogP contribution in [0, 0.1) is 0 Å². The number of nitrogens with zero attached hydrogens (tertiary/aromatic N) is 4. The maximum atomic E-state index is 4.55. The van der Waals surface area contributed by atoms with Crippen molar-refractivity contribution in [1.29, 1.82) is 0 Å². The van der Waals surface area contributed by atoms with Gasteiger partial charge in [0.2, 0.25) is 0 Å². The maximum Gasteiger partial charge on any atom is 0.191 e. The minimum Gasteiger partial charge on any atom is -0.355 e. The number of nitrogens with one attached hydrogen (secondary N) is 2. The van der Waals surface area contributed by atoms with Crippen LogP contribution in [0.2, 0.25) is 0 Å². The first-order valence-electron chi connectivity index (χ1n) is 7.89. The van der Waals surface area contributed by atoms with E-state index < -0.39 is 0 Å². The molecule has 1 rings (SSSR count). The zero-order chi connectivity index (χ0) is 16.4. The number of guanidine groups is 1. The summed E-state index contributed by atoms with van der Waals surface area (Å²) in [5.74, 6) is 0.826. The number of hydrogen-bond donors (Lipinski definition) is 2. The molecule has 6 nitrogen and oxygen atoms in total. The normalized spacial score (nSPS) is 11.3. The van der Waals surface area contributed by atoms with Crippen molar-refractivity contribution >= 4 is 46.4 Å². The van der Waals surface area contributed by atoms with Gasteiger partial charge in [0, 0.05) is 39.6 Å². The van der Waals surface area contributed by atoms with E-state index in [0.717, 1.165) is 43.0 Å². The lowest BCUT2D eigenvalue weighted by atomic mass is 10.4. The van der Waals surface area contributed by atoms with E-state index in [2.05, 4.69) is 44.7 Å². The van der Waals surface area contributed by atoms with Crippen LogP contribution in [0.4, 0.5) is 5.13 Å². The summed E-state index contributed by atoms with van der Waals surface area (Å²) in [5, 5.41) is 9.77. The molecule has 0 fully saturated rings. The summed E-state index contributed by atoms with van der Waals surface area (Å²) in [6.07, 6.45) is 1.19. The first kappa shape index (κ1) is 22.4. The summed E-state index contributed by atoms with van der Waals surface area (Å²) >= 11 is 1.65. The number of hydrogen-bond acceptors (Lipinski definition) is 5. The van der Waals surface area contributed by atoms with Crippen molar-refractivity contribution in [2.75, 3.05) is 52.2 Å². The number of rotatable bonds is 9. The number of likely N-dealkylation sites (N-methyl/N-ethyl adjacent to an activating group) is 1. The molecule has 1 aromatic heterocycles. The summed E-state index contributed by atoms with van der Waals surface area (Å²) in [4.78, 5) is 13.3. The molecule has 0 aromatic carbocycles. The average Bonchev–Trinajstić information content (AvgIpc) is 2.98. The van der Waals surface area contributed by atoms with Crippen molar-refractivity contribution in [1.82, 2.24) is 20.5 Å². The smallest absolute Gasteiger partial charge is 0.191 e. The van der Waals surface area contributed by atoms with Crippen LogP contribution in [0.25, 0.3) is 0 Å². The Labute approximate surface area is 161 Å². The van der Waals surface area contributed by atoms with E-state index in [-0.39, 0.29) is 24.0 Å². The number of aromatic nitrogens is 1. The van der Waals surface area contributed by atoms with Crippen molar-refractivity contribution in [3.63, 3.8) is 0 Å². The monoisotopic (exact) mass is 454 g/mol. The Kier molecular flexibility index (Phi) is 12.4. The van der Waals surface area contributed by atoms with E-state index in [1.54, 1.807) is 18.4 Å². The van der Waals surface area contributed by atoms with Crippen molar-refractivity contribution in [2.45, 2.75) is 26.8 Å². The number of thiazole rings is 1. The van der Waals surface area contributed by atoms with E-state index in [9.17, 15) is 0 Å². The molecule has 0 amide bonds. The highest BCUT2D eigenvalue weighted by atomic mass is 127. The number of anilines is 1. The highest BCUT2D eigenvalue weighted by Crippen LogP contribution is 2.17. The van der Waals surface area contributed by atoms with Gasteiger partial charge >= 0.3 is 0 Å². The van der Waals surface area contributed by atoms with Crippen molar-refractivity contribution in [3.05, 3.63) is 11.1 Å². The van der Waals surface area contributed by atoms with Crippen LogP contribution >= 0.6 is 35.3 Å². The second kappa shape index (κ2) is 12.8. The third-order valence-corrected chi connectivity index (χ3v) is 4.35. The molecular formula is C15H31IN6S. The van der Waals surface area contributed by atoms with E-state index in [4.69, 9.17) is 0 Å². The molecule has 0 spiro atoms. The van der Waals surface area contributed by atoms with Gasteiger partial charge in [-0.2, -0.15) is 0 Å². The molecule has 0 radical (unpaired) electrons. The first-order chi connectivity index (χ1) is 10.6. The fourth-order valence-corrected chi connectivity index (χ4v) is 2.81. The Morgan fingerprint density at radius 3 is 2.52 bits per heavy atom. The van der Waals surface area contributed by atoms with Crippen LogP contribution < -0.4 is 15.5 Å². The van der Waals surface area contributed by atoms with Crippen LogP contribution in [0.1, 0.15) is 26.0 Å². The van der Waals surface area contributed by atoms with Gasteiger partial charge in [-0.25, -0.2) is 4.98 Å². The third-order valence-electron chi connectivity index (χ3n) is 3.29. The topological polar surface area (TPSA) is 55.8 Å². The molecule has 0 aliphatic carbocycles. The Morgan fingerprint density at radius 2 is 2.00 bits per heavy atom. The zero-order valence-corrected chi connectivity index (χ0v) is 18.1. The molecule has 0 saturated heterocycles. The summed E-state index contributed by atoms with van der Waals surface area (Å²) < 4.78 is 0. The van der Waals surface area contributed by atoms with Crippen LogP contribution in [0.3, 0.4) is 0 Å². The van der Waals surface area contributed by atoms with Crippen LogP contribution in [0.15, 0.2) is 10.4 Å². The van der Waals surface area contributed by atoms with Crippen molar-refractivity contribution in [2.24, 2.45) is 4.99 Å². The molecule has 0 aliphatic rings. The third kappa shape index (κ3) is 8.71. The minimum absolute atomic E-state index is 0. The molecule has 0 saturated carbocycles. The van der Waals surface area contributed by atoms with E-state index in [0.29, 0.717) is 6.54 Å². The molecule has 134 valence electrons. The SMILES string of the molecule is CCCN(CC)CCNC(=NC)NCc1csc(N(C)C)n1.I.